The van der Waals surface area contributed by atoms with Crippen LogP contribution in [0.4, 0.5) is 15.0 Å². The number of nitrogens with zero attached hydrogens (tertiary/aromatic N) is 2. The van der Waals surface area contributed by atoms with Gasteiger partial charge in [0.15, 0.2) is 0 Å². The molecule has 1 amide bonds. The van der Waals surface area contributed by atoms with Crippen LogP contribution in [0.3, 0.4) is 0 Å². The number of ether oxygens (including phenoxy) is 2. The van der Waals surface area contributed by atoms with Crippen molar-refractivity contribution in [2.24, 2.45) is 0 Å². The maximum Gasteiger partial charge on any atom is 0.413 e. The molecule has 1 fully saturated rings. The summed E-state index contributed by atoms with van der Waals surface area (Å²) in [7, 11) is 0. The van der Waals surface area contributed by atoms with Crippen LogP contribution in [-0.2, 0) is 15.9 Å². The molecule has 1 saturated heterocycles. The first-order valence-corrected chi connectivity index (χ1v) is 11.1. The number of hydrogen-bond donors (Lipinski definition) is 1. The molecule has 0 bridgehead atoms. The van der Waals surface area contributed by atoms with Gasteiger partial charge in [-0.3, -0.25) is 10.3 Å². The Hall–Kier alpha value is -2.77. The van der Waals surface area contributed by atoms with Crippen LogP contribution in [0.15, 0.2) is 24.5 Å². The number of anilines is 1. The number of benzene rings is 1. The minimum atomic E-state index is -0.603. The molecule has 2 aliphatic rings. The van der Waals surface area contributed by atoms with Crippen molar-refractivity contribution >= 4 is 34.3 Å². The van der Waals surface area contributed by atoms with Crippen LogP contribution < -0.4 is 5.32 Å². The van der Waals surface area contributed by atoms with Crippen LogP contribution in [0.5, 0.6) is 0 Å². The molecular formula is C24H23ClFN3O3. The van der Waals surface area contributed by atoms with E-state index in [0.717, 1.165) is 29.7 Å². The van der Waals surface area contributed by atoms with Crippen LogP contribution in [0.25, 0.3) is 21.9 Å². The molecule has 166 valence electrons. The van der Waals surface area contributed by atoms with Gasteiger partial charge in [-0.05, 0) is 54.3 Å². The quantitative estimate of drug-likeness (QED) is 0.541. The predicted molar refractivity (Wildman–Crippen MR) is 121 cm³/mol. The van der Waals surface area contributed by atoms with Crippen molar-refractivity contribution in [1.82, 2.24) is 9.97 Å². The zero-order valence-electron chi connectivity index (χ0n) is 17.9. The lowest BCUT2D eigenvalue weighted by Crippen LogP contribution is -2.22. The Morgan fingerprint density at radius 2 is 2.09 bits per heavy atom. The van der Waals surface area contributed by atoms with Gasteiger partial charge in [-0.15, -0.1) is 0 Å². The van der Waals surface area contributed by atoms with Gasteiger partial charge >= 0.3 is 6.09 Å². The van der Waals surface area contributed by atoms with Gasteiger partial charge in [0.25, 0.3) is 0 Å². The molecule has 0 radical (unpaired) electrons. The van der Waals surface area contributed by atoms with E-state index in [1.54, 1.807) is 18.3 Å². The third-order valence-electron chi connectivity index (χ3n) is 6.36. The molecule has 32 heavy (non-hydrogen) atoms. The number of amides is 1. The highest BCUT2D eigenvalue weighted by Gasteiger charge is 2.25. The first kappa shape index (κ1) is 21.1. The number of aryl methyl sites for hydroxylation is 1. The molecule has 6 nitrogen and oxygen atoms in total. The molecule has 1 aliphatic heterocycles. The minimum Gasteiger partial charge on any atom is -0.443 e. The summed E-state index contributed by atoms with van der Waals surface area (Å²) in [5, 5.41) is 3.75. The molecule has 1 aliphatic carbocycles. The second-order valence-electron chi connectivity index (χ2n) is 8.46. The summed E-state index contributed by atoms with van der Waals surface area (Å²) in [6, 6.07) is 3.39. The molecule has 3 heterocycles. The average molecular weight is 456 g/mol. The lowest BCUT2D eigenvalue weighted by Gasteiger charge is -2.16. The predicted octanol–water partition coefficient (Wildman–Crippen LogP) is 5.78. The highest BCUT2D eigenvalue weighted by atomic mass is 35.5. The first-order valence-electron chi connectivity index (χ1n) is 10.7. The molecule has 0 spiro atoms. The summed E-state index contributed by atoms with van der Waals surface area (Å²) in [6.45, 7) is 5.16. The Bertz CT molecular complexity index is 1230. The maximum absolute atomic E-state index is 15.3. The third-order valence-corrected chi connectivity index (χ3v) is 6.73. The van der Waals surface area contributed by atoms with Gasteiger partial charge in [0, 0.05) is 41.0 Å². The number of rotatable bonds is 3. The topological polar surface area (TPSA) is 73.3 Å². The maximum atomic E-state index is 15.3. The van der Waals surface area contributed by atoms with E-state index in [-0.39, 0.29) is 11.1 Å². The molecule has 5 rings (SSSR count). The zero-order chi connectivity index (χ0) is 22.4. The second-order valence-corrected chi connectivity index (χ2v) is 8.83. The van der Waals surface area contributed by atoms with Crippen LogP contribution in [0.2, 0.25) is 5.02 Å². The summed E-state index contributed by atoms with van der Waals surface area (Å²) in [6.07, 6.45) is 4.99. The van der Waals surface area contributed by atoms with E-state index in [4.69, 9.17) is 21.1 Å². The van der Waals surface area contributed by atoms with Crippen LogP contribution in [0, 0.1) is 12.7 Å². The molecule has 3 aromatic rings. The highest BCUT2D eigenvalue weighted by Crippen LogP contribution is 2.41. The summed E-state index contributed by atoms with van der Waals surface area (Å²) in [5.74, 6) is 0.193. The molecule has 2 aromatic heterocycles. The number of aromatic nitrogens is 2. The zero-order valence-corrected chi connectivity index (χ0v) is 18.6. The Balaban J connectivity index is 1.51. The van der Waals surface area contributed by atoms with Crippen molar-refractivity contribution in [3.63, 3.8) is 0 Å². The number of carbonyl (C=O) groups excluding carboxylic acids is 1. The van der Waals surface area contributed by atoms with Gasteiger partial charge < -0.3 is 9.47 Å². The fourth-order valence-electron chi connectivity index (χ4n) is 4.68. The van der Waals surface area contributed by atoms with Crippen molar-refractivity contribution < 1.29 is 18.7 Å². The highest BCUT2D eigenvalue weighted by molar-refractivity contribution is 6.36. The van der Waals surface area contributed by atoms with E-state index in [0.29, 0.717) is 47.7 Å². The second kappa shape index (κ2) is 8.30. The van der Waals surface area contributed by atoms with E-state index in [2.05, 4.69) is 22.2 Å². The van der Waals surface area contributed by atoms with Crippen LogP contribution in [-0.4, -0.2) is 35.4 Å². The van der Waals surface area contributed by atoms with Crippen molar-refractivity contribution in [2.75, 3.05) is 18.5 Å². The van der Waals surface area contributed by atoms with E-state index in [9.17, 15) is 4.79 Å². The molecule has 0 saturated carbocycles. The fraction of sp³-hybridized carbons (Fsp3) is 0.375. The lowest BCUT2D eigenvalue weighted by atomic mass is 9.92. The van der Waals surface area contributed by atoms with Crippen LogP contribution in [0.1, 0.15) is 42.5 Å². The largest absolute Gasteiger partial charge is 0.443 e. The summed E-state index contributed by atoms with van der Waals surface area (Å²) in [4.78, 5) is 21.0. The molecule has 1 aromatic carbocycles. The Morgan fingerprint density at radius 1 is 1.25 bits per heavy atom. The number of carbonyl (C=O) groups is 1. The Labute approximate surface area is 190 Å². The molecule has 2 atom stereocenters. The van der Waals surface area contributed by atoms with Gasteiger partial charge in [0.1, 0.15) is 17.7 Å². The summed E-state index contributed by atoms with van der Waals surface area (Å²) in [5.41, 5.74) is 4.44. The van der Waals surface area contributed by atoms with Crippen LogP contribution >= 0.6 is 11.6 Å². The van der Waals surface area contributed by atoms with Crippen molar-refractivity contribution in [2.45, 2.75) is 45.1 Å². The van der Waals surface area contributed by atoms with Gasteiger partial charge in [0.2, 0.25) is 0 Å². The normalized spacial score (nSPS) is 19.9. The first-order chi connectivity index (χ1) is 15.4. The van der Waals surface area contributed by atoms with Gasteiger partial charge in [-0.1, -0.05) is 18.5 Å². The molecule has 1 unspecified atom stereocenters. The number of nitrogens with one attached hydrogen (secondary N) is 1. The minimum absolute atomic E-state index is 0.00446. The Kier molecular flexibility index (Phi) is 5.47. The van der Waals surface area contributed by atoms with Gasteiger partial charge in [-0.2, -0.15) is 0 Å². The fourth-order valence-corrected chi connectivity index (χ4v) is 4.94. The number of fused-ring (bicyclic) bond motifs is 2. The molecule has 1 N–H and O–H groups in total. The monoisotopic (exact) mass is 455 g/mol. The Morgan fingerprint density at radius 3 is 2.88 bits per heavy atom. The number of pyridine rings is 2. The summed E-state index contributed by atoms with van der Waals surface area (Å²) < 4.78 is 25.8. The molecule has 8 heteroatoms. The van der Waals surface area contributed by atoms with Crippen molar-refractivity contribution in [3.05, 3.63) is 52.2 Å². The summed E-state index contributed by atoms with van der Waals surface area (Å²) >= 11 is 6.39. The van der Waals surface area contributed by atoms with Gasteiger partial charge in [0.05, 0.1) is 18.2 Å². The van der Waals surface area contributed by atoms with E-state index < -0.39 is 11.9 Å². The molecular weight excluding hydrogens is 433 g/mol. The number of hydrogen-bond acceptors (Lipinski definition) is 5. The van der Waals surface area contributed by atoms with E-state index >= 15 is 4.39 Å². The number of halogens is 2. The third kappa shape index (κ3) is 3.69. The van der Waals surface area contributed by atoms with Crippen molar-refractivity contribution in [3.8, 4) is 11.1 Å². The van der Waals surface area contributed by atoms with Gasteiger partial charge in [-0.25, -0.2) is 14.2 Å². The van der Waals surface area contributed by atoms with E-state index in [1.165, 1.54) is 11.8 Å². The lowest BCUT2D eigenvalue weighted by molar-refractivity contribution is 0.0931. The SMILES string of the molecule is Cc1c(-c2cc3cc(NC(=O)O[C@@H]4CCOC4)ncc3c(Cl)c2F)cnc2c1C(C)CC2. The average Bonchev–Trinajstić information content (AvgIpc) is 3.41. The van der Waals surface area contributed by atoms with Crippen molar-refractivity contribution in [1.29, 1.82) is 0 Å². The van der Waals surface area contributed by atoms with E-state index in [1.807, 2.05) is 6.92 Å². The standard InChI is InChI=1S/C24H23ClFN3O3/c1-12-3-4-19-21(12)13(2)17(9-27-19)16-7-14-8-20(28-10-18(14)22(25)23(16)26)29-24(30)32-15-5-6-31-11-15/h7-10,12,15H,3-6,11H2,1-2H3,(H,28,29,30)/t12?,15-/m1/s1. The smallest absolute Gasteiger partial charge is 0.413 e.